The first-order valence-corrected chi connectivity index (χ1v) is 7.02. The number of hydrogen-bond acceptors (Lipinski definition) is 3. The Kier molecular flexibility index (Phi) is 3.95. The van der Waals surface area contributed by atoms with Crippen molar-refractivity contribution in [1.29, 1.82) is 0 Å². The molecule has 1 aromatic rings. The number of rotatable bonds is 2. The molecule has 0 aliphatic carbocycles. The quantitative estimate of drug-likeness (QED) is 0.830. The van der Waals surface area contributed by atoms with E-state index < -0.39 is 0 Å². The van der Waals surface area contributed by atoms with Crippen LogP contribution in [0.1, 0.15) is 44.5 Å². The molecule has 1 aromatic carbocycles. The minimum absolute atomic E-state index is 0.0557. The van der Waals surface area contributed by atoms with Crippen molar-refractivity contribution < 1.29 is 4.79 Å². The van der Waals surface area contributed by atoms with Gasteiger partial charge in [-0.05, 0) is 46.2 Å². The Hall–Kier alpha value is -1.35. The van der Waals surface area contributed by atoms with E-state index in [9.17, 15) is 4.79 Å². The Labute approximate surface area is 116 Å². The van der Waals surface area contributed by atoms with Gasteiger partial charge in [-0.2, -0.15) is 0 Å². The molecule has 1 fully saturated rings. The summed E-state index contributed by atoms with van der Waals surface area (Å²) in [7, 11) is 0. The lowest BCUT2D eigenvalue weighted by molar-refractivity contribution is 0.101. The van der Waals surface area contributed by atoms with E-state index in [0.29, 0.717) is 6.04 Å². The first kappa shape index (κ1) is 14.1. The molecule has 19 heavy (non-hydrogen) atoms. The molecule has 0 saturated carbocycles. The fraction of sp³-hybridized carbons (Fsp3) is 0.562. The number of carbonyl (C=O) groups excluding carboxylic acids is 1. The standard InChI is InChI=1S/C16H24N2O/c1-12-8-9-18(16(3,4)11-17-12)15-7-5-6-14(10-15)13(2)19/h5-7,10,12,17H,8-9,11H2,1-4H3. The van der Waals surface area contributed by atoms with E-state index in [0.717, 1.165) is 30.8 Å². The first-order valence-electron chi connectivity index (χ1n) is 7.02. The van der Waals surface area contributed by atoms with E-state index in [1.807, 2.05) is 18.2 Å². The molecule has 1 saturated heterocycles. The van der Waals surface area contributed by atoms with Crippen LogP contribution in [0.25, 0.3) is 0 Å². The smallest absolute Gasteiger partial charge is 0.159 e. The second kappa shape index (κ2) is 5.33. The van der Waals surface area contributed by atoms with E-state index >= 15 is 0 Å². The molecular formula is C16H24N2O. The highest BCUT2D eigenvalue weighted by Crippen LogP contribution is 2.27. The molecular weight excluding hydrogens is 236 g/mol. The van der Waals surface area contributed by atoms with Crippen LogP contribution in [0, 0.1) is 0 Å². The maximum absolute atomic E-state index is 11.5. The Morgan fingerprint density at radius 2 is 2.16 bits per heavy atom. The zero-order chi connectivity index (χ0) is 14.0. The zero-order valence-electron chi connectivity index (χ0n) is 12.4. The molecule has 2 rings (SSSR count). The minimum Gasteiger partial charge on any atom is -0.365 e. The van der Waals surface area contributed by atoms with Crippen LogP contribution in [0.4, 0.5) is 5.69 Å². The zero-order valence-corrected chi connectivity index (χ0v) is 12.4. The van der Waals surface area contributed by atoms with E-state index in [1.54, 1.807) is 6.92 Å². The van der Waals surface area contributed by atoms with Gasteiger partial charge in [-0.1, -0.05) is 12.1 Å². The number of nitrogens with zero attached hydrogens (tertiary/aromatic N) is 1. The normalized spacial score (nSPS) is 22.9. The molecule has 0 radical (unpaired) electrons. The van der Waals surface area contributed by atoms with Crippen LogP contribution in [0.5, 0.6) is 0 Å². The molecule has 1 heterocycles. The summed E-state index contributed by atoms with van der Waals surface area (Å²) < 4.78 is 0. The molecule has 3 heteroatoms. The monoisotopic (exact) mass is 260 g/mol. The number of anilines is 1. The highest BCUT2D eigenvalue weighted by atomic mass is 16.1. The Bertz CT molecular complexity index is 468. The second-order valence-electron chi connectivity index (χ2n) is 6.14. The molecule has 0 amide bonds. The summed E-state index contributed by atoms with van der Waals surface area (Å²) in [6.07, 6.45) is 1.12. The average Bonchev–Trinajstić information content (AvgIpc) is 2.49. The highest BCUT2D eigenvalue weighted by molar-refractivity contribution is 5.95. The van der Waals surface area contributed by atoms with Gasteiger partial charge in [-0.25, -0.2) is 0 Å². The molecule has 1 aliphatic rings. The third-order valence-corrected chi connectivity index (χ3v) is 3.96. The number of hydrogen-bond donors (Lipinski definition) is 1. The summed E-state index contributed by atoms with van der Waals surface area (Å²) in [5.41, 5.74) is 1.99. The number of benzene rings is 1. The van der Waals surface area contributed by atoms with Crippen molar-refractivity contribution in [3.05, 3.63) is 29.8 Å². The van der Waals surface area contributed by atoms with Crippen LogP contribution in [-0.4, -0.2) is 30.5 Å². The van der Waals surface area contributed by atoms with Gasteiger partial charge in [-0.15, -0.1) is 0 Å². The molecule has 0 aromatic heterocycles. The van der Waals surface area contributed by atoms with Crippen LogP contribution >= 0.6 is 0 Å². The van der Waals surface area contributed by atoms with Crippen molar-refractivity contribution in [2.75, 3.05) is 18.0 Å². The summed E-state index contributed by atoms with van der Waals surface area (Å²) in [4.78, 5) is 13.9. The predicted molar refractivity (Wildman–Crippen MR) is 80.0 cm³/mol. The maximum atomic E-state index is 11.5. The Morgan fingerprint density at radius 1 is 1.42 bits per heavy atom. The van der Waals surface area contributed by atoms with E-state index in [1.165, 1.54) is 0 Å². The van der Waals surface area contributed by atoms with Gasteiger partial charge < -0.3 is 10.2 Å². The SMILES string of the molecule is CC(=O)c1cccc(N2CCC(C)NCC2(C)C)c1. The van der Waals surface area contributed by atoms with Gasteiger partial charge in [0.2, 0.25) is 0 Å². The molecule has 1 N–H and O–H groups in total. The lowest BCUT2D eigenvalue weighted by Crippen LogP contribution is -2.49. The fourth-order valence-corrected chi connectivity index (χ4v) is 2.62. The molecule has 0 bridgehead atoms. The number of nitrogens with one attached hydrogen (secondary N) is 1. The highest BCUT2D eigenvalue weighted by Gasteiger charge is 2.30. The summed E-state index contributed by atoms with van der Waals surface area (Å²) in [6, 6.07) is 8.52. The van der Waals surface area contributed by atoms with E-state index in [4.69, 9.17) is 0 Å². The predicted octanol–water partition coefficient (Wildman–Crippen LogP) is 2.86. The molecule has 1 atom stereocenters. The third-order valence-electron chi connectivity index (χ3n) is 3.96. The third kappa shape index (κ3) is 3.16. The number of carbonyl (C=O) groups is 1. The summed E-state index contributed by atoms with van der Waals surface area (Å²) >= 11 is 0. The van der Waals surface area contributed by atoms with Gasteiger partial charge in [0.05, 0.1) is 0 Å². The lowest BCUT2D eigenvalue weighted by Gasteiger charge is -2.39. The van der Waals surface area contributed by atoms with Crippen LogP contribution in [0.2, 0.25) is 0 Å². The molecule has 1 aliphatic heterocycles. The van der Waals surface area contributed by atoms with E-state index in [2.05, 4.69) is 37.1 Å². The first-order chi connectivity index (χ1) is 8.90. The topological polar surface area (TPSA) is 32.3 Å². The largest absolute Gasteiger partial charge is 0.365 e. The lowest BCUT2D eigenvalue weighted by atomic mass is 10.0. The Morgan fingerprint density at radius 3 is 2.84 bits per heavy atom. The van der Waals surface area contributed by atoms with Crippen LogP contribution in [0.3, 0.4) is 0 Å². The Balaban J connectivity index is 2.32. The van der Waals surface area contributed by atoms with Gasteiger partial charge in [0, 0.05) is 35.9 Å². The van der Waals surface area contributed by atoms with Crippen molar-refractivity contribution in [3.8, 4) is 0 Å². The van der Waals surface area contributed by atoms with E-state index in [-0.39, 0.29) is 11.3 Å². The molecule has 104 valence electrons. The van der Waals surface area contributed by atoms with Gasteiger partial charge in [0.25, 0.3) is 0 Å². The molecule has 0 spiro atoms. The molecule has 1 unspecified atom stereocenters. The molecule has 3 nitrogen and oxygen atoms in total. The maximum Gasteiger partial charge on any atom is 0.159 e. The van der Waals surface area contributed by atoms with Gasteiger partial charge >= 0.3 is 0 Å². The second-order valence-corrected chi connectivity index (χ2v) is 6.14. The van der Waals surface area contributed by atoms with Crippen molar-refractivity contribution in [2.24, 2.45) is 0 Å². The van der Waals surface area contributed by atoms with Gasteiger partial charge in [0.15, 0.2) is 5.78 Å². The fourth-order valence-electron chi connectivity index (χ4n) is 2.62. The number of Topliss-reactive ketones (excluding diaryl/α,β-unsaturated/α-hetero) is 1. The van der Waals surface area contributed by atoms with Crippen LogP contribution in [-0.2, 0) is 0 Å². The van der Waals surface area contributed by atoms with Crippen molar-refractivity contribution >= 4 is 11.5 Å². The van der Waals surface area contributed by atoms with Crippen molar-refractivity contribution in [3.63, 3.8) is 0 Å². The van der Waals surface area contributed by atoms with Gasteiger partial charge in [-0.3, -0.25) is 4.79 Å². The minimum atomic E-state index is 0.0557. The van der Waals surface area contributed by atoms with Crippen molar-refractivity contribution in [2.45, 2.75) is 45.7 Å². The summed E-state index contributed by atoms with van der Waals surface area (Å²) in [5.74, 6) is 0.126. The van der Waals surface area contributed by atoms with Crippen LogP contribution < -0.4 is 10.2 Å². The van der Waals surface area contributed by atoms with Gasteiger partial charge in [0.1, 0.15) is 0 Å². The van der Waals surface area contributed by atoms with Crippen molar-refractivity contribution in [1.82, 2.24) is 5.32 Å². The summed E-state index contributed by atoms with van der Waals surface area (Å²) in [5, 5.41) is 3.56. The average molecular weight is 260 g/mol. The summed E-state index contributed by atoms with van der Waals surface area (Å²) in [6.45, 7) is 10.3. The van der Waals surface area contributed by atoms with Crippen LogP contribution in [0.15, 0.2) is 24.3 Å². The number of ketones is 1.